The van der Waals surface area contributed by atoms with Crippen molar-refractivity contribution in [1.82, 2.24) is 5.32 Å². The quantitative estimate of drug-likeness (QED) is 0.811. The molecule has 1 N–H and O–H groups in total. The Labute approximate surface area is 94.0 Å². The predicted molar refractivity (Wildman–Crippen MR) is 63.7 cm³/mol. The first-order valence-electron chi connectivity index (χ1n) is 5.25. The van der Waals surface area contributed by atoms with Crippen LogP contribution in [0.2, 0.25) is 0 Å². The standard InChI is InChI=1S/C12H16BrN/c1-9-11(5-2-6-12(9)13)10-4-3-7-14-8-10/h2,5-6,10,14H,3-4,7-8H2,1H3/t10-/m0/s1. The smallest absolute Gasteiger partial charge is 0.0207 e. The van der Waals surface area contributed by atoms with Crippen molar-refractivity contribution in [2.45, 2.75) is 25.7 Å². The maximum Gasteiger partial charge on any atom is 0.0207 e. The second-order valence-electron chi connectivity index (χ2n) is 4.00. The summed E-state index contributed by atoms with van der Waals surface area (Å²) in [6.45, 7) is 4.52. The van der Waals surface area contributed by atoms with Crippen LogP contribution in [0.5, 0.6) is 0 Å². The highest BCUT2D eigenvalue weighted by Gasteiger charge is 2.17. The van der Waals surface area contributed by atoms with Gasteiger partial charge < -0.3 is 5.32 Å². The molecule has 1 nitrogen and oxygen atoms in total. The van der Waals surface area contributed by atoms with E-state index >= 15 is 0 Å². The van der Waals surface area contributed by atoms with Crippen LogP contribution in [0.15, 0.2) is 22.7 Å². The van der Waals surface area contributed by atoms with Crippen LogP contribution in [0.3, 0.4) is 0 Å². The van der Waals surface area contributed by atoms with Crippen LogP contribution in [0, 0.1) is 6.92 Å². The van der Waals surface area contributed by atoms with Crippen LogP contribution in [0.4, 0.5) is 0 Å². The minimum absolute atomic E-state index is 0.709. The normalized spacial score (nSPS) is 22.3. The maximum atomic E-state index is 3.59. The molecule has 76 valence electrons. The molecule has 1 fully saturated rings. The Bertz CT molecular complexity index is 316. The molecule has 1 atom stereocenters. The van der Waals surface area contributed by atoms with Gasteiger partial charge in [0.25, 0.3) is 0 Å². The highest BCUT2D eigenvalue weighted by molar-refractivity contribution is 9.10. The molecule has 1 heterocycles. The van der Waals surface area contributed by atoms with E-state index in [1.54, 1.807) is 0 Å². The summed E-state index contributed by atoms with van der Waals surface area (Å²) in [4.78, 5) is 0. The molecule has 1 saturated heterocycles. The first kappa shape index (κ1) is 10.2. The molecule has 14 heavy (non-hydrogen) atoms. The van der Waals surface area contributed by atoms with E-state index in [1.165, 1.54) is 35.0 Å². The van der Waals surface area contributed by atoms with Crippen LogP contribution < -0.4 is 5.32 Å². The molecule has 0 bridgehead atoms. The lowest BCUT2D eigenvalue weighted by Crippen LogP contribution is -2.28. The largest absolute Gasteiger partial charge is 0.316 e. The molecule has 2 rings (SSSR count). The van der Waals surface area contributed by atoms with Gasteiger partial charge in [-0.15, -0.1) is 0 Å². The van der Waals surface area contributed by atoms with Gasteiger partial charge in [0.1, 0.15) is 0 Å². The number of rotatable bonds is 1. The van der Waals surface area contributed by atoms with Gasteiger partial charge in [0, 0.05) is 11.0 Å². The van der Waals surface area contributed by atoms with Gasteiger partial charge in [-0.05, 0) is 49.4 Å². The summed E-state index contributed by atoms with van der Waals surface area (Å²) in [6.07, 6.45) is 2.63. The van der Waals surface area contributed by atoms with Crippen molar-refractivity contribution in [3.63, 3.8) is 0 Å². The SMILES string of the molecule is Cc1c(Br)cccc1[C@H]1CCCNC1. The van der Waals surface area contributed by atoms with Crippen molar-refractivity contribution in [1.29, 1.82) is 0 Å². The van der Waals surface area contributed by atoms with Gasteiger partial charge in [0.15, 0.2) is 0 Å². The van der Waals surface area contributed by atoms with Crippen molar-refractivity contribution < 1.29 is 0 Å². The summed E-state index contributed by atoms with van der Waals surface area (Å²) in [5.74, 6) is 0.709. The fourth-order valence-corrected chi connectivity index (χ4v) is 2.57. The monoisotopic (exact) mass is 253 g/mol. The van der Waals surface area contributed by atoms with E-state index in [1.807, 2.05) is 0 Å². The van der Waals surface area contributed by atoms with Crippen LogP contribution in [-0.4, -0.2) is 13.1 Å². The zero-order valence-corrected chi connectivity index (χ0v) is 10.1. The third kappa shape index (κ3) is 2.01. The van der Waals surface area contributed by atoms with Crippen LogP contribution in [-0.2, 0) is 0 Å². The molecular formula is C12H16BrN. The Hall–Kier alpha value is -0.340. The third-order valence-electron chi connectivity index (χ3n) is 3.05. The molecule has 0 unspecified atom stereocenters. The first-order valence-corrected chi connectivity index (χ1v) is 6.04. The number of benzene rings is 1. The Morgan fingerprint density at radius 1 is 1.43 bits per heavy atom. The summed E-state index contributed by atoms with van der Waals surface area (Å²) < 4.78 is 1.24. The van der Waals surface area contributed by atoms with Gasteiger partial charge >= 0.3 is 0 Å². The van der Waals surface area contributed by atoms with E-state index in [0.29, 0.717) is 5.92 Å². The molecule has 0 aliphatic carbocycles. The number of hydrogen-bond donors (Lipinski definition) is 1. The van der Waals surface area contributed by atoms with Gasteiger partial charge in [-0.1, -0.05) is 28.1 Å². The minimum Gasteiger partial charge on any atom is -0.316 e. The molecule has 2 heteroatoms. The number of piperidine rings is 1. The average molecular weight is 254 g/mol. The third-order valence-corrected chi connectivity index (χ3v) is 3.91. The fraction of sp³-hybridized carbons (Fsp3) is 0.500. The first-order chi connectivity index (χ1) is 6.79. The van der Waals surface area contributed by atoms with Crippen molar-refractivity contribution in [2.75, 3.05) is 13.1 Å². The summed E-state index contributed by atoms with van der Waals surface area (Å²) >= 11 is 3.59. The Morgan fingerprint density at radius 3 is 3.00 bits per heavy atom. The molecular weight excluding hydrogens is 238 g/mol. The Morgan fingerprint density at radius 2 is 2.29 bits per heavy atom. The minimum atomic E-state index is 0.709. The summed E-state index contributed by atoms with van der Waals surface area (Å²) in [5.41, 5.74) is 2.91. The average Bonchev–Trinajstić information content (AvgIpc) is 2.23. The predicted octanol–water partition coefficient (Wildman–Crippen LogP) is 3.22. The van der Waals surface area contributed by atoms with E-state index in [2.05, 4.69) is 46.4 Å². The summed E-state index contributed by atoms with van der Waals surface area (Å²) in [7, 11) is 0. The summed E-state index contributed by atoms with van der Waals surface area (Å²) in [6, 6.07) is 6.52. The van der Waals surface area contributed by atoms with Crippen LogP contribution in [0.1, 0.15) is 29.9 Å². The van der Waals surface area contributed by atoms with Gasteiger partial charge in [0.05, 0.1) is 0 Å². The molecule has 0 amide bonds. The lowest BCUT2D eigenvalue weighted by Gasteiger charge is -2.24. The molecule has 1 aromatic carbocycles. The number of hydrogen-bond acceptors (Lipinski definition) is 1. The summed E-state index contributed by atoms with van der Waals surface area (Å²) in [5, 5.41) is 3.46. The zero-order valence-electron chi connectivity index (χ0n) is 8.52. The van der Waals surface area contributed by atoms with Crippen molar-refractivity contribution in [2.24, 2.45) is 0 Å². The molecule has 1 aliphatic heterocycles. The second-order valence-corrected chi connectivity index (χ2v) is 4.85. The highest BCUT2D eigenvalue weighted by Crippen LogP contribution is 2.29. The Kier molecular flexibility index (Phi) is 3.24. The van der Waals surface area contributed by atoms with E-state index in [-0.39, 0.29) is 0 Å². The fourth-order valence-electron chi connectivity index (χ4n) is 2.18. The lowest BCUT2D eigenvalue weighted by atomic mass is 9.89. The van der Waals surface area contributed by atoms with E-state index < -0.39 is 0 Å². The van der Waals surface area contributed by atoms with Crippen LogP contribution in [0.25, 0.3) is 0 Å². The lowest BCUT2D eigenvalue weighted by molar-refractivity contribution is 0.460. The highest BCUT2D eigenvalue weighted by atomic mass is 79.9. The van der Waals surface area contributed by atoms with E-state index in [4.69, 9.17) is 0 Å². The molecule has 0 aromatic heterocycles. The Balaban J connectivity index is 2.26. The molecule has 1 aliphatic rings. The molecule has 0 spiro atoms. The second kappa shape index (κ2) is 4.45. The molecule has 1 aromatic rings. The van der Waals surface area contributed by atoms with Crippen molar-refractivity contribution in [3.8, 4) is 0 Å². The van der Waals surface area contributed by atoms with Gasteiger partial charge in [0.2, 0.25) is 0 Å². The number of nitrogens with one attached hydrogen (secondary N) is 1. The van der Waals surface area contributed by atoms with Crippen molar-refractivity contribution >= 4 is 15.9 Å². The molecule has 0 radical (unpaired) electrons. The maximum absolute atomic E-state index is 3.59. The topological polar surface area (TPSA) is 12.0 Å². The van der Waals surface area contributed by atoms with Crippen molar-refractivity contribution in [3.05, 3.63) is 33.8 Å². The van der Waals surface area contributed by atoms with E-state index in [9.17, 15) is 0 Å². The van der Waals surface area contributed by atoms with E-state index in [0.717, 1.165) is 6.54 Å². The molecule has 0 saturated carbocycles. The van der Waals surface area contributed by atoms with Crippen LogP contribution >= 0.6 is 15.9 Å². The van der Waals surface area contributed by atoms with Gasteiger partial charge in [-0.25, -0.2) is 0 Å². The van der Waals surface area contributed by atoms with Gasteiger partial charge in [-0.3, -0.25) is 0 Å². The number of halogens is 1. The zero-order chi connectivity index (χ0) is 9.97. The van der Waals surface area contributed by atoms with Gasteiger partial charge in [-0.2, -0.15) is 0 Å².